The first-order valence-corrected chi connectivity index (χ1v) is 14.3. The normalized spacial score (nSPS) is 12.6. The second-order valence-corrected chi connectivity index (χ2v) is 10.8. The Labute approximate surface area is 259 Å². The van der Waals surface area contributed by atoms with Crippen molar-refractivity contribution in [2.24, 2.45) is 0 Å². The maximum Gasteiger partial charge on any atom is 0.433 e. The molecule has 1 atom stereocenters. The Kier molecular flexibility index (Phi) is 10.2. The first-order valence-electron chi connectivity index (χ1n) is 14.3. The van der Waals surface area contributed by atoms with E-state index in [0.29, 0.717) is 33.9 Å². The lowest BCUT2D eigenvalue weighted by atomic mass is 10.0. The molecular weight excluding hydrogens is 591 g/mol. The molecule has 4 aromatic rings. The third kappa shape index (κ3) is 6.84. The van der Waals surface area contributed by atoms with Crippen LogP contribution in [-0.2, 0) is 6.18 Å². The molecule has 2 aromatic heterocycles. The maximum atomic E-state index is 14.4. The Bertz CT molecular complexity index is 1640. The average molecular weight is 630 g/mol. The fraction of sp³-hybridized carbons (Fsp3) is 0.406. The van der Waals surface area contributed by atoms with Gasteiger partial charge in [0.05, 0.1) is 45.9 Å². The van der Waals surface area contributed by atoms with E-state index in [2.05, 4.69) is 10.1 Å². The van der Waals surface area contributed by atoms with Gasteiger partial charge in [-0.25, -0.2) is 9.50 Å². The van der Waals surface area contributed by atoms with Gasteiger partial charge >= 0.3 is 6.18 Å². The second-order valence-electron chi connectivity index (χ2n) is 10.8. The standard InChI is InChI=1S/C32H38F3N5O5/c1-19(2)39(15-14-38(4)26(18-41)24-13-12-23(44-6)16-27(24)45-7)31(42)25-17-36-40-29(32(33,34)35)20(3)28(37-30(25)40)21-8-10-22(43-5)11-9-21/h8-13,16-17,19,26,41H,14-15,18H2,1-7H3. The van der Waals surface area contributed by atoms with Gasteiger partial charge in [0.15, 0.2) is 11.3 Å². The predicted molar refractivity (Wildman–Crippen MR) is 163 cm³/mol. The number of rotatable bonds is 12. The van der Waals surface area contributed by atoms with E-state index < -0.39 is 23.8 Å². The molecule has 13 heteroatoms. The molecular formula is C32H38F3N5O5. The zero-order valence-electron chi connectivity index (χ0n) is 26.3. The fourth-order valence-electron chi connectivity index (χ4n) is 5.33. The maximum absolute atomic E-state index is 14.4. The number of carbonyl (C=O) groups is 1. The number of carbonyl (C=O) groups excluding carboxylic acids is 1. The van der Waals surface area contributed by atoms with Gasteiger partial charge in [-0.2, -0.15) is 18.3 Å². The van der Waals surface area contributed by atoms with Gasteiger partial charge in [0, 0.05) is 41.9 Å². The number of methoxy groups -OCH3 is 3. The average Bonchev–Trinajstić information content (AvgIpc) is 3.43. The molecule has 1 amide bonds. The first-order chi connectivity index (χ1) is 21.4. The largest absolute Gasteiger partial charge is 0.497 e. The third-order valence-electron chi connectivity index (χ3n) is 7.83. The molecule has 0 saturated heterocycles. The zero-order valence-corrected chi connectivity index (χ0v) is 26.3. The highest BCUT2D eigenvalue weighted by atomic mass is 19.4. The van der Waals surface area contributed by atoms with Crippen LogP contribution in [0.2, 0.25) is 0 Å². The van der Waals surface area contributed by atoms with Crippen molar-refractivity contribution in [3.63, 3.8) is 0 Å². The van der Waals surface area contributed by atoms with Crippen molar-refractivity contribution >= 4 is 11.6 Å². The summed E-state index contributed by atoms with van der Waals surface area (Å²) in [5, 5.41) is 14.3. The van der Waals surface area contributed by atoms with Gasteiger partial charge in [0.2, 0.25) is 0 Å². The number of amides is 1. The van der Waals surface area contributed by atoms with E-state index in [-0.39, 0.29) is 41.7 Å². The Hall–Kier alpha value is -4.36. The lowest BCUT2D eigenvalue weighted by Gasteiger charge is -2.32. The van der Waals surface area contributed by atoms with Crippen LogP contribution in [-0.4, -0.2) is 89.5 Å². The molecule has 45 heavy (non-hydrogen) atoms. The first kappa shape index (κ1) is 33.5. The molecule has 2 aromatic carbocycles. The van der Waals surface area contributed by atoms with Crippen molar-refractivity contribution in [2.45, 2.75) is 39.0 Å². The van der Waals surface area contributed by atoms with Crippen LogP contribution in [0.4, 0.5) is 13.2 Å². The van der Waals surface area contributed by atoms with Gasteiger partial charge in [0.25, 0.3) is 5.91 Å². The summed E-state index contributed by atoms with van der Waals surface area (Å²) in [7, 11) is 6.38. The van der Waals surface area contributed by atoms with E-state index in [0.717, 1.165) is 11.8 Å². The molecule has 10 nitrogen and oxygen atoms in total. The topological polar surface area (TPSA) is 102 Å². The highest BCUT2D eigenvalue weighted by molar-refractivity contribution is 6.00. The van der Waals surface area contributed by atoms with Crippen LogP contribution < -0.4 is 14.2 Å². The Morgan fingerprint density at radius 3 is 2.20 bits per heavy atom. The minimum absolute atomic E-state index is 0.0536. The second kappa shape index (κ2) is 13.7. The van der Waals surface area contributed by atoms with Gasteiger partial charge in [0.1, 0.15) is 22.8 Å². The van der Waals surface area contributed by atoms with Gasteiger partial charge in [-0.15, -0.1) is 0 Å². The van der Waals surface area contributed by atoms with Crippen LogP contribution in [0.25, 0.3) is 16.9 Å². The van der Waals surface area contributed by atoms with E-state index in [1.807, 2.05) is 31.9 Å². The quantitative estimate of drug-likeness (QED) is 0.226. The molecule has 0 spiro atoms. The van der Waals surface area contributed by atoms with E-state index >= 15 is 0 Å². The summed E-state index contributed by atoms with van der Waals surface area (Å²) in [6.07, 6.45) is -3.63. The van der Waals surface area contributed by atoms with Crippen LogP contribution in [0, 0.1) is 6.92 Å². The molecule has 0 saturated carbocycles. The van der Waals surface area contributed by atoms with Crippen LogP contribution in [0.15, 0.2) is 48.7 Å². The summed E-state index contributed by atoms with van der Waals surface area (Å²) in [6.45, 7) is 5.30. The number of halogens is 3. The number of aromatic nitrogens is 3. The van der Waals surface area contributed by atoms with Gasteiger partial charge in [-0.3, -0.25) is 9.69 Å². The lowest BCUT2D eigenvalue weighted by molar-refractivity contribution is -0.143. The molecule has 0 aliphatic carbocycles. The minimum Gasteiger partial charge on any atom is -0.497 e. The summed E-state index contributed by atoms with van der Waals surface area (Å²) in [5.74, 6) is 1.17. The molecule has 0 bridgehead atoms. The van der Waals surface area contributed by atoms with Crippen molar-refractivity contribution in [1.29, 1.82) is 0 Å². The third-order valence-corrected chi connectivity index (χ3v) is 7.83. The molecule has 0 fully saturated rings. The summed E-state index contributed by atoms with van der Waals surface area (Å²) in [4.78, 5) is 21.9. The molecule has 2 heterocycles. The van der Waals surface area contributed by atoms with Crippen LogP contribution in [0.5, 0.6) is 17.2 Å². The zero-order chi connectivity index (χ0) is 33.1. The number of alkyl halides is 3. The number of hydrogen-bond donors (Lipinski definition) is 1. The number of hydrogen-bond acceptors (Lipinski definition) is 8. The van der Waals surface area contributed by atoms with Crippen molar-refractivity contribution in [3.05, 3.63) is 71.0 Å². The van der Waals surface area contributed by atoms with E-state index in [9.17, 15) is 23.1 Å². The van der Waals surface area contributed by atoms with Gasteiger partial charge in [-0.1, -0.05) is 0 Å². The number of nitrogens with zero attached hydrogens (tertiary/aromatic N) is 5. The lowest BCUT2D eigenvalue weighted by Crippen LogP contribution is -2.43. The van der Waals surface area contributed by atoms with E-state index in [4.69, 9.17) is 14.2 Å². The monoisotopic (exact) mass is 629 g/mol. The molecule has 0 radical (unpaired) electrons. The highest BCUT2D eigenvalue weighted by Gasteiger charge is 2.39. The number of ether oxygens (including phenoxy) is 3. The predicted octanol–water partition coefficient (Wildman–Crippen LogP) is 5.27. The van der Waals surface area contributed by atoms with Crippen molar-refractivity contribution < 1.29 is 37.3 Å². The Morgan fingerprint density at radius 1 is 1.00 bits per heavy atom. The number of likely N-dealkylation sites (N-methyl/N-ethyl adjacent to an activating group) is 1. The minimum atomic E-state index is -4.76. The SMILES string of the molecule is COc1ccc(-c2nc3c(C(=O)N(CCN(C)C(CO)c4ccc(OC)cc4OC)C(C)C)cnn3c(C(F)(F)F)c2C)cc1. The van der Waals surface area contributed by atoms with Crippen LogP contribution in [0.1, 0.15) is 47.1 Å². The molecule has 1 unspecified atom stereocenters. The smallest absolute Gasteiger partial charge is 0.433 e. The van der Waals surface area contributed by atoms with Crippen LogP contribution >= 0.6 is 0 Å². The Balaban J connectivity index is 1.69. The number of aliphatic hydroxyl groups excluding tert-OH is 1. The fourth-order valence-corrected chi connectivity index (χ4v) is 5.33. The molecule has 4 rings (SSSR count). The molecule has 0 aliphatic heterocycles. The summed E-state index contributed by atoms with van der Waals surface area (Å²) in [5.41, 5.74) is -0.116. The number of benzene rings is 2. The number of fused-ring (bicyclic) bond motifs is 1. The highest BCUT2D eigenvalue weighted by Crippen LogP contribution is 2.37. The summed E-state index contributed by atoms with van der Waals surface area (Å²) >= 11 is 0. The van der Waals surface area contributed by atoms with E-state index in [1.165, 1.54) is 21.1 Å². The van der Waals surface area contributed by atoms with Crippen molar-refractivity contribution in [1.82, 2.24) is 24.4 Å². The Morgan fingerprint density at radius 2 is 1.64 bits per heavy atom. The van der Waals surface area contributed by atoms with Gasteiger partial charge in [-0.05, 0) is 64.2 Å². The molecule has 1 N–H and O–H groups in total. The number of aliphatic hydroxyl groups is 1. The van der Waals surface area contributed by atoms with Crippen molar-refractivity contribution in [2.75, 3.05) is 48.1 Å². The summed E-state index contributed by atoms with van der Waals surface area (Å²) in [6, 6.07) is 11.0. The van der Waals surface area contributed by atoms with E-state index in [1.54, 1.807) is 48.4 Å². The van der Waals surface area contributed by atoms with Crippen LogP contribution in [0.3, 0.4) is 0 Å². The summed E-state index contributed by atoms with van der Waals surface area (Å²) < 4.78 is 59.9. The van der Waals surface area contributed by atoms with Gasteiger partial charge < -0.3 is 24.2 Å². The molecule has 242 valence electrons. The van der Waals surface area contributed by atoms with Crippen molar-refractivity contribution in [3.8, 4) is 28.5 Å². The molecule has 0 aliphatic rings.